The lowest BCUT2D eigenvalue weighted by Crippen LogP contribution is -2.10. The summed E-state index contributed by atoms with van der Waals surface area (Å²) in [7, 11) is 1.19. The highest BCUT2D eigenvalue weighted by atomic mass is 19.4. The van der Waals surface area contributed by atoms with E-state index in [0.717, 1.165) is 6.07 Å². The monoisotopic (exact) mass is 234 g/mol. The summed E-state index contributed by atoms with van der Waals surface area (Å²) in [6, 6.07) is 3.78. The number of aliphatic hydroxyl groups excluding tert-OH is 1. The molecule has 0 saturated heterocycles. The number of rotatable bonds is 3. The molecule has 0 radical (unpaired) electrons. The predicted molar refractivity (Wildman–Crippen MR) is 53.4 cm³/mol. The number of ether oxygens (including phenoxy) is 1. The van der Waals surface area contributed by atoms with Crippen molar-refractivity contribution in [3.63, 3.8) is 0 Å². The molecule has 1 aromatic rings. The fourth-order valence-electron chi connectivity index (χ4n) is 1.44. The standard InChI is InChI=1S/C11H13F3O2/c1-7(15)5-8-3-4-10(16-2)9(6-8)11(12,13)14/h3-4,6-7,15H,5H2,1-2H3/t7-/m0/s1. The van der Waals surface area contributed by atoms with Crippen molar-refractivity contribution in [1.29, 1.82) is 0 Å². The van der Waals surface area contributed by atoms with Crippen LogP contribution in [0.25, 0.3) is 0 Å². The Morgan fingerprint density at radius 3 is 2.44 bits per heavy atom. The number of methoxy groups -OCH3 is 1. The van der Waals surface area contributed by atoms with E-state index in [1.807, 2.05) is 0 Å². The summed E-state index contributed by atoms with van der Waals surface area (Å²) in [6.45, 7) is 1.53. The lowest BCUT2D eigenvalue weighted by Gasteiger charge is -2.14. The van der Waals surface area contributed by atoms with Gasteiger partial charge in [0, 0.05) is 0 Å². The second-order valence-corrected chi connectivity index (χ2v) is 3.59. The fraction of sp³-hybridized carbons (Fsp3) is 0.455. The predicted octanol–water partition coefficient (Wildman–Crippen LogP) is 2.64. The molecule has 90 valence electrons. The molecule has 0 aliphatic heterocycles. The first-order valence-corrected chi connectivity index (χ1v) is 4.76. The molecule has 2 nitrogen and oxygen atoms in total. The molecular formula is C11H13F3O2. The largest absolute Gasteiger partial charge is 0.496 e. The summed E-state index contributed by atoms with van der Waals surface area (Å²) < 4.78 is 42.5. The van der Waals surface area contributed by atoms with E-state index in [-0.39, 0.29) is 12.2 Å². The van der Waals surface area contributed by atoms with Crippen LogP contribution in [0.4, 0.5) is 13.2 Å². The normalized spacial score (nSPS) is 13.6. The molecule has 1 aromatic carbocycles. The summed E-state index contributed by atoms with van der Waals surface area (Å²) in [5, 5.41) is 9.11. The summed E-state index contributed by atoms with van der Waals surface area (Å²) in [4.78, 5) is 0. The highest BCUT2D eigenvalue weighted by Crippen LogP contribution is 2.36. The van der Waals surface area contributed by atoms with E-state index in [1.54, 1.807) is 0 Å². The van der Waals surface area contributed by atoms with Gasteiger partial charge in [-0.3, -0.25) is 0 Å². The zero-order valence-electron chi connectivity index (χ0n) is 9.01. The van der Waals surface area contributed by atoms with Gasteiger partial charge in [-0.15, -0.1) is 0 Å². The second kappa shape index (κ2) is 4.74. The van der Waals surface area contributed by atoms with Crippen LogP contribution in [0, 0.1) is 0 Å². The minimum atomic E-state index is -4.44. The van der Waals surface area contributed by atoms with E-state index in [9.17, 15) is 13.2 Å². The Bertz CT molecular complexity index is 359. The first-order chi connectivity index (χ1) is 7.34. The molecule has 0 amide bonds. The zero-order chi connectivity index (χ0) is 12.3. The summed E-state index contributed by atoms with van der Waals surface area (Å²) in [5.74, 6) is -0.207. The molecule has 1 rings (SSSR count). The fourth-order valence-corrected chi connectivity index (χ4v) is 1.44. The number of aliphatic hydroxyl groups is 1. The lowest BCUT2D eigenvalue weighted by molar-refractivity contribution is -0.138. The number of halogens is 3. The number of alkyl halides is 3. The smallest absolute Gasteiger partial charge is 0.419 e. The molecule has 0 unspecified atom stereocenters. The molecule has 1 atom stereocenters. The zero-order valence-corrected chi connectivity index (χ0v) is 9.01. The Morgan fingerprint density at radius 2 is 2.00 bits per heavy atom. The van der Waals surface area contributed by atoms with Gasteiger partial charge < -0.3 is 9.84 Å². The molecular weight excluding hydrogens is 221 g/mol. The summed E-state index contributed by atoms with van der Waals surface area (Å²) in [5.41, 5.74) is -0.378. The molecule has 0 saturated carbocycles. The third kappa shape index (κ3) is 3.13. The Labute approximate surface area is 91.7 Å². The topological polar surface area (TPSA) is 29.5 Å². The molecule has 0 aromatic heterocycles. The van der Waals surface area contributed by atoms with Crippen molar-refractivity contribution in [1.82, 2.24) is 0 Å². The van der Waals surface area contributed by atoms with Crippen molar-refractivity contribution in [3.05, 3.63) is 29.3 Å². The van der Waals surface area contributed by atoms with E-state index < -0.39 is 17.8 Å². The van der Waals surface area contributed by atoms with Gasteiger partial charge in [0.25, 0.3) is 0 Å². The number of benzene rings is 1. The van der Waals surface area contributed by atoms with E-state index in [1.165, 1.54) is 26.2 Å². The minimum Gasteiger partial charge on any atom is -0.496 e. The summed E-state index contributed by atoms with van der Waals surface area (Å²) >= 11 is 0. The first kappa shape index (κ1) is 12.8. The molecule has 0 spiro atoms. The first-order valence-electron chi connectivity index (χ1n) is 4.76. The highest BCUT2D eigenvalue weighted by molar-refractivity contribution is 5.39. The second-order valence-electron chi connectivity index (χ2n) is 3.59. The molecule has 16 heavy (non-hydrogen) atoms. The SMILES string of the molecule is COc1ccc(C[C@H](C)O)cc1C(F)(F)F. The van der Waals surface area contributed by atoms with E-state index in [0.29, 0.717) is 5.56 Å². The maximum absolute atomic E-state index is 12.6. The van der Waals surface area contributed by atoms with Crippen LogP contribution in [0.1, 0.15) is 18.1 Å². The van der Waals surface area contributed by atoms with Gasteiger partial charge in [0.1, 0.15) is 5.75 Å². The van der Waals surface area contributed by atoms with Crippen molar-refractivity contribution < 1.29 is 23.0 Å². The Kier molecular flexibility index (Phi) is 3.80. The van der Waals surface area contributed by atoms with E-state index >= 15 is 0 Å². The van der Waals surface area contributed by atoms with Crippen LogP contribution in [-0.4, -0.2) is 18.3 Å². The third-order valence-corrected chi connectivity index (χ3v) is 2.10. The lowest BCUT2D eigenvalue weighted by atomic mass is 10.0. The van der Waals surface area contributed by atoms with Crippen LogP contribution in [0.3, 0.4) is 0 Å². The van der Waals surface area contributed by atoms with Crippen LogP contribution in [0.5, 0.6) is 5.75 Å². The van der Waals surface area contributed by atoms with Gasteiger partial charge >= 0.3 is 6.18 Å². The maximum Gasteiger partial charge on any atom is 0.419 e. The average molecular weight is 234 g/mol. The van der Waals surface area contributed by atoms with Crippen molar-refractivity contribution in [2.75, 3.05) is 7.11 Å². The van der Waals surface area contributed by atoms with Crippen molar-refractivity contribution in [3.8, 4) is 5.75 Å². The van der Waals surface area contributed by atoms with Crippen LogP contribution in [0.15, 0.2) is 18.2 Å². The molecule has 0 heterocycles. The Balaban J connectivity index is 3.12. The van der Waals surface area contributed by atoms with Gasteiger partial charge in [-0.25, -0.2) is 0 Å². The molecule has 0 bridgehead atoms. The van der Waals surface area contributed by atoms with Gasteiger partial charge in [0.15, 0.2) is 0 Å². The summed E-state index contributed by atoms with van der Waals surface area (Å²) in [6.07, 6.45) is -4.93. The Hall–Kier alpha value is -1.23. The average Bonchev–Trinajstić information content (AvgIpc) is 2.15. The van der Waals surface area contributed by atoms with Crippen LogP contribution < -0.4 is 4.74 Å². The van der Waals surface area contributed by atoms with Crippen LogP contribution >= 0.6 is 0 Å². The van der Waals surface area contributed by atoms with Crippen molar-refractivity contribution >= 4 is 0 Å². The molecule has 0 fully saturated rings. The van der Waals surface area contributed by atoms with E-state index in [4.69, 9.17) is 5.11 Å². The molecule has 0 aliphatic rings. The van der Waals surface area contributed by atoms with Gasteiger partial charge in [0.2, 0.25) is 0 Å². The third-order valence-electron chi connectivity index (χ3n) is 2.10. The van der Waals surface area contributed by atoms with Gasteiger partial charge in [-0.1, -0.05) is 6.07 Å². The molecule has 5 heteroatoms. The van der Waals surface area contributed by atoms with Gasteiger partial charge in [0.05, 0.1) is 18.8 Å². The van der Waals surface area contributed by atoms with Crippen LogP contribution in [0.2, 0.25) is 0 Å². The van der Waals surface area contributed by atoms with Crippen LogP contribution in [-0.2, 0) is 12.6 Å². The number of hydrogen-bond donors (Lipinski definition) is 1. The number of hydrogen-bond acceptors (Lipinski definition) is 2. The quantitative estimate of drug-likeness (QED) is 0.871. The van der Waals surface area contributed by atoms with Crippen molar-refractivity contribution in [2.24, 2.45) is 0 Å². The van der Waals surface area contributed by atoms with Gasteiger partial charge in [-0.2, -0.15) is 13.2 Å². The minimum absolute atomic E-state index is 0.188. The maximum atomic E-state index is 12.6. The Morgan fingerprint density at radius 1 is 1.38 bits per heavy atom. The molecule has 0 aliphatic carbocycles. The molecule has 1 N–H and O–H groups in total. The van der Waals surface area contributed by atoms with Crippen molar-refractivity contribution in [2.45, 2.75) is 25.6 Å². The highest BCUT2D eigenvalue weighted by Gasteiger charge is 2.34. The van der Waals surface area contributed by atoms with E-state index in [2.05, 4.69) is 4.74 Å². The van der Waals surface area contributed by atoms with Gasteiger partial charge in [-0.05, 0) is 31.0 Å².